The number of hydrogen-bond donors (Lipinski definition) is 0. The van der Waals surface area contributed by atoms with Crippen LogP contribution >= 0.6 is 0 Å². The van der Waals surface area contributed by atoms with Crippen LogP contribution in [0, 0.1) is 20.8 Å². The molecule has 12 rings (SSSR count). The van der Waals surface area contributed by atoms with Gasteiger partial charge in [-0.3, -0.25) is 0 Å². The fourth-order valence-electron chi connectivity index (χ4n) is 9.69. The van der Waals surface area contributed by atoms with Crippen LogP contribution in [0.25, 0.3) is 44.2 Å². The molecule has 2 aliphatic rings. The summed E-state index contributed by atoms with van der Waals surface area (Å²) in [6, 6.07) is 88.9. The minimum Gasteiger partial charge on any atom is -0.313 e. The lowest BCUT2D eigenvalue weighted by atomic mass is 9.91. The van der Waals surface area contributed by atoms with Crippen molar-refractivity contribution in [3.63, 3.8) is 0 Å². The molecule has 0 bridgehead atoms. The second kappa shape index (κ2) is 20.6. The van der Waals surface area contributed by atoms with Crippen LogP contribution in [-0.4, -0.2) is 0 Å². The van der Waals surface area contributed by atoms with E-state index in [0.29, 0.717) is 5.92 Å². The molecular weight excluding hydrogens is 833 g/mol. The summed E-state index contributed by atoms with van der Waals surface area (Å²) in [6.45, 7) is 6.41. The van der Waals surface area contributed by atoms with Crippen molar-refractivity contribution in [2.75, 3.05) is 9.80 Å². The second-order valence-corrected chi connectivity index (χ2v) is 18.0. The Bertz CT molecular complexity index is 3380. The van der Waals surface area contributed by atoms with Gasteiger partial charge in [-0.05, 0) is 132 Å². The summed E-state index contributed by atoms with van der Waals surface area (Å²) in [4.78, 5) is 4.89. The molecule has 1 aliphatic heterocycles. The molecule has 334 valence electrons. The number of fused-ring (bicyclic) bond motifs is 4. The molecule has 1 heterocycles. The summed E-state index contributed by atoms with van der Waals surface area (Å²) in [6.07, 6.45) is 7.84. The van der Waals surface area contributed by atoms with Crippen LogP contribution in [0.5, 0.6) is 0 Å². The van der Waals surface area contributed by atoms with Gasteiger partial charge in [0.05, 0.1) is 11.4 Å². The molecule has 10 aromatic carbocycles. The van der Waals surface area contributed by atoms with E-state index in [1.54, 1.807) is 0 Å². The van der Waals surface area contributed by atoms with Crippen molar-refractivity contribution in [3.05, 3.63) is 295 Å². The van der Waals surface area contributed by atoms with Crippen LogP contribution in [0.2, 0.25) is 0 Å². The first-order valence-electron chi connectivity index (χ1n) is 24.0. The van der Waals surface area contributed by atoms with Crippen LogP contribution < -0.4 is 9.80 Å². The number of hydrogen-bond acceptors (Lipinski definition) is 2. The molecule has 69 heavy (non-hydrogen) atoms. The number of benzene rings is 10. The van der Waals surface area contributed by atoms with Gasteiger partial charge in [0.2, 0.25) is 0 Å². The van der Waals surface area contributed by atoms with Gasteiger partial charge >= 0.3 is 0 Å². The highest BCUT2D eigenvalue weighted by atomic mass is 15.2. The van der Waals surface area contributed by atoms with Gasteiger partial charge in [0.15, 0.2) is 0 Å². The van der Waals surface area contributed by atoms with Gasteiger partial charge in [-0.15, -0.1) is 0 Å². The van der Waals surface area contributed by atoms with Crippen LogP contribution in [0.1, 0.15) is 34.6 Å². The van der Waals surface area contributed by atoms with Crippen LogP contribution in [-0.2, 0) is 0 Å². The maximum Gasteiger partial charge on any atom is 0.0537 e. The largest absolute Gasteiger partial charge is 0.313 e. The van der Waals surface area contributed by atoms with Gasteiger partial charge in [0.1, 0.15) is 0 Å². The maximum absolute atomic E-state index is 2.51. The highest BCUT2D eigenvalue weighted by Crippen LogP contribution is 2.53. The molecule has 0 saturated carbocycles. The Kier molecular flexibility index (Phi) is 13.2. The normalized spacial score (nSPS) is 13.2. The molecule has 2 heteroatoms. The zero-order valence-electron chi connectivity index (χ0n) is 39.6. The van der Waals surface area contributed by atoms with Crippen LogP contribution in [0.4, 0.5) is 28.4 Å². The molecule has 1 atom stereocenters. The quantitative estimate of drug-likeness (QED) is 0.157. The van der Waals surface area contributed by atoms with E-state index >= 15 is 0 Å². The average Bonchev–Trinajstić information content (AvgIpc) is 3.73. The zero-order chi connectivity index (χ0) is 46.9. The molecule has 2 nitrogen and oxygen atoms in total. The van der Waals surface area contributed by atoms with Gasteiger partial charge in [-0.2, -0.15) is 0 Å². The Labute approximate surface area is 408 Å². The van der Waals surface area contributed by atoms with Gasteiger partial charge in [-0.25, -0.2) is 0 Å². The fourth-order valence-corrected chi connectivity index (χ4v) is 9.69. The second-order valence-electron chi connectivity index (χ2n) is 18.0. The van der Waals surface area contributed by atoms with E-state index in [1.165, 1.54) is 83.5 Å². The topological polar surface area (TPSA) is 6.48 Å². The first kappa shape index (κ1) is 44.4. The molecule has 0 radical (unpaired) electrons. The van der Waals surface area contributed by atoms with Crippen LogP contribution in [0.15, 0.2) is 273 Å². The Balaban J connectivity index is 0.000000228. The first-order chi connectivity index (χ1) is 34.0. The highest BCUT2D eigenvalue weighted by Gasteiger charge is 2.35. The van der Waals surface area contributed by atoms with E-state index < -0.39 is 0 Å². The van der Waals surface area contributed by atoms with Crippen molar-refractivity contribution in [2.24, 2.45) is 0 Å². The van der Waals surface area contributed by atoms with E-state index in [-0.39, 0.29) is 0 Å². The minimum absolute atomic E-state index is 0.353. The summed E-state index contributed by atoms with van der Waals surface area (Å²) in [7, 11) is 0. The van der Waals surface area contributed by atoms with E-state index in [0.717, 1.165) is 23.5 Å². The standard InChI is InChI=1S/C47H36N2.C13H12.C7H8/c1-33-28-38(31-41(29-33)48(39-19-6-3-7-20-39)40-21-12-18-36(30-40)34-14-4-2-5-15-34)37-26-27-44-43-23-10-11-24-46(43)49(47(44)32-37)45-25-13-17-35-16-8-9-22-42(35)45;1-11-6-5-9-13(10-11)12-7-3-2-4-8-12;1-7-5-3-2-4-6-7/h2-22,24-32,43H,23H2,1H3;2-10H,1H3;2-6H,1H3. The summed E-state index contributed by atoms with van der Waals surface area (Å²) in [5.74, 6) is 0.353. The van der Waals surface area contributed by atoms with Crippen molar-refractivity contribution in [3.8, 4) is 33.4 Å². The average molecular weight is 889 g/mol. The van der Waals surface area contributed by atoms with E-state index in [2.05, 4.69) is 273 Å². The third-order valence-corrected chi connectivity index (χ3v) is 13.0. The number of anilines is 5. The third-order valence-electron chi connectivity index (χ3n) is 13.0. The number of nitrogens with zero attached hydrogens (tertiary/aromatic N) is 2. The van der Waals surface area contributed by atoms with E-state index in [1.807, 2.05) is 24.3 Å². The van der Waals surface area contributed by atoms with Crippen molar-refractivity contribution >= 4 is 39.2 Å². The lowest BCUT2D eigenvalue weighted by Crippen LogP contribution is -2.15. The minimum atomic E-state index is 0.353. The lowest BCUT2D eigenvalue weighted by Gasteiger charge is -2.27. The molecule has 1 unspecified atom stereocenters. The number of allylic oxidation sites excluding steroid dienone is 4. The molecule has 0 amide bonds. The fraction of sp³-hybridized carbons (Fsp3) is 0.0746. The Hall–Kier alpha value is -8.46. The summed E-state index contributed by atoms with van der Waals surface area (Å²) < 4.78 is 0. The zero-order valence-corrected chi connectivity index (χ0v) is 39.6. The molecule has 10 aromatic rings. The Morgan fingerprint density at radius 1 is 0.377 bits per heavy atom. The van der Waals surface area contributed by atoms with Gasteiger partial charge in [0.25, 0.3) is 0 Å². The molecule has 0 N–H and O–H groups in total. The molecule has 0 fully saturated rings. The third kappa shape index (κ3) is 9.98. The van der Waals surface area contributed by atoms with Crippen molar-refractivity contribution in [1.29, 1.82) is 0 Å². The van der Waals surface area contributed by atoms with Gasteiger partial charge in [-0.1, -0.05) is 223 Å². The molecule has 1 aliphatic carbocycles. The summed E-state index contributed by atoms with van der Waals surface area (Å²) in [5, 5.41) is 2.53. The van der Waals surface area contributed by atoms with E-state index in [4.69, 9.17) is 0 Å². The predicted molar refractivity (Wildman–Crippen MR) is 295 cm³/mol. The molecule has 0 aromatic heterocycles. The number of para-hydroxylation sites is 1. The summed E-state index contributed by atoms with van der Waals surface area (Å²) >= 11 is 0. The van der Waals surface area contributed by atoms with Gasteiger partial charge in [0, 0.05) is 34.1 Å². The molecule has 0 spiro atoms. The Morgan fingerprint density at radius 3 is 1.61 bits per heavy atom. The number of aryl methyl sites for hydroxylation is 3. The predicted octanol–water partition coefficient (Wildman–Crippen LogP) is 18.7. The first-order valence-corrected chi connectivity index (χ1v) is 24.0. The van der Waals surface area contributed by atoms with Crippen LogP contribution in [0.3, 0.4) is 0 Å². The maximum atomic E-state index is 2.51. The molecule has 0 saturated heterocycles. The lowest BCUT2D eigenvalue weighted by molar-refractivity contribution is 0.820. The van der Waals surface area contributed by atoms with Crippen molar-refractivity contribution < 1.29 is 0 Å². The van der Waals surface area contributed by atoms with E-state index in [9.17, 15) is 0 Å². The van der Waals surface area contributed by atoms with Crippen molar-refractivity contribution in [1.82, 2.24) is 0 Å². The smallest absolute Gasteiger partial charge is 0.0537 e. The summed E-state index contributed by atoms with van der Waals surface area (Å²) in [5.41, 5.74) is 19.9. The molecular formula is C67H56N2. The highest BCUT2D eigenvalue weighted by molar-refractivity contribution is 5.99. The van der Waals surface area contributed by atoms with Gasteiger partial charge < -0.3 is 9.80 Å². The SMILES string of the molecule is Cc1cc(-c2ccc3c(c2)N(c2cccc4ccccc24)C2=CC=CCC23)cc(N(c2ccccc2)c2cccc(-c3ccccc3)c2)c1.Cc1cccc(-c2ccccc2)c1.Cc1ccccc1. The monoisotopic (exact) mass is 888 g/mol. The number of rotatable bonds is 7. The Morgan fingerprint density at radius 2 is 0.913 bits per heavy atom. The van der Waals surface area contributed by atoms with Crippen molar-refractivity contribution in [2.45, 2.75) is 33.1 Å².